The number of carbonyl (C=O) groups is 2. The van der Waals surface area contributed by atoms with Gasteiger partial charge in [0.25, 0.3) is 5.56 Å². The lowest BCUT2D eigenvalue weighted by Crippen LogP contribution is -2.52. The summed E-state index contributed by atoms with van der Waals surface area (Å²) in [6.45, 7) is 7.07. The van der Waals surface area contributed by atoms with Crippen molar-refractivity contribution in [2.24, 2.45) is 0 Å². The monoisotopic (exact) mass is 444 g/mol. The van der Waals surface area contributed by atoms with Gasteiger partial charge >= 0.3 is 6.09 Å². The van der Waals surface area contributed by atoms with E-state index in [0.717, 1.165) is 10.4 Å². The van der Waals surface area contributed by atoms with Gasteiger partial charge in [-0.1, -0.05) is 16.7 Å². The largest absolute Gasteiger partial charge is 0.444 e. The maximum atomic E-state index is 12.8. The van der Waals surface area contributed by atoms with Crippen LogP contribution in [0.2, 0.25) is 0 Å². The quantitative estimate of drug-likeness (QED) is 0.610. The zero-order valence-electron chi connectivity index (χ0n) is 17.6. The first-order chi connectivity index (χ1) is 14.7. The number of piperazine rings is 1. The average molecular weight is 445 g/mol. The second-order valence-electron chi connectivity index (χ2n) is 8.31. The van der Waals surface area contributed by atoms with E-state index in [-0.39, 0.29) is 24.1 Å². The molecule has 1 aliphatic rings. The number of nitrogens with zero attached hydrogens (tertiary/aromatic N) is 6. The molecule has 0 radical (unpaired) electrons. The van der Waals surface area contributed by atoms with E-state index >= 15 is 0 Å². The molecule has 1 fully saturated rings. The molecule has 1 aliphatic heterocycles. The standard InChI is InChI=1S/C20H24N6O4S/c1-20(2,3)30-19(29)24-10-8-23(9-11-24)17(27)13-26-18(28)15-5-4-14(12-16(15)31-26)25-7-6-21-22-25/h4-7,12H,8-11,13H2,1-3H3. The van der Waals surface area contributed by atoms with Crippen molar-refractivity contribution in [2.75, 3.05) is 26.2 Å². The van der Waals surface area contributed by atoms with E-state index < -0.39 is 5.60 Å². The van der Waals surface area contributed by atoms with E-state index in [4.69, 9.17) is 4.74 Å². The van der Waals surface area contributed by atoms with Gasteiger partial charge in [0.05, 0.1) is 28.2 Å². The minimum Gasteiger partial charge on any atom is -0.444 e. The summed E-state index contributed by atoms with van der Waals surface area (Å²) in [6.07, 6.45) is 2.93. The van der Waals surface area contributed by atoms with E-state index in [1.807, 2.05) is 26.8 Å². The Morgan fingerprint density at radius 2 is 1.84 bits per heavy atom. The maximum absolute atomic E-state index is 12.8. The Bertz CT molecular complexity index is 1150. The summed E-state index contributed by atoms with van der Waals surface area (Å²) in [5, 5.41) is 8.32. The van der Waals surface area contributed by atoms with Crippen LogP contribution < -0.4 is 5.56 Å². The highest BCUT2D eigenvalue weighted by Gasteiger charge is 2.28. The smallest absolute Gasteiger partial charge is 0.410 e. The van der Waals surface area contributed by atoms with Crippen molar-refractivity contribution in [2.45, 2.75) is 32.9 Å². The molecule has 0 N–H and O–H groups in total. The van der Waals surface area contributed by atoms with Gasteiger partial charge in [-0.05, 0) is 39.0 Å². The summed E-state index contributed by atoms with van der Waals surface area (Å²) in [7, 11) is 0. The van der Waals surface area contributed by atoms with Crippen molar-refractivity contribution in [3.05, 3.63) is 40.9 Å². The third-order valence-corrected chi connectivity index (χ3v) is 5.93. The van der Waals surface area contributed by atoms with Crippen LogP contribution in [0, 0.1) is 0 Å². The van der Waals surface area contributed by atoms with Crippen molar-refractivity contribution in [3.8, 4) is 5.69 Å². The Kier molecular flexibility index (Phi) is 5.52. The Balaban J connectivity index is 1.41. The third-order valence-electron chi connectivity index (χ3n) is 4.88. The van der Waals surface area contributed by atoms with Crippen LogP contribution in [0.1, 0.15) is 20.8 Å². The Hall–Kier alpha value is -3.21. The molecule has 0 saturated carbocycles. The molecule has 3 aromatic rings. The predicted molar refractivity (Wildman–Crippen MR) is 115 cm³/mol. The van der Waals surface area contributed by atoms with Crippen LogP contribution in [0.5, 0.6) is 0 Å². The fourth-order valence-electron chi connectivity index (χ4n) is 3.34. The normalized spacial score (nSPS) is 14.8. The van der Waals surface area contributed by atoms with Crippen LogP contribution in [0.25, 0.3) is 15.8 Å². The summed E-state index contributed by atoms with van der Waals surface area (Å²) in [4.78, 5) is 41.0. The van der Waals surface area contributed by atoms with Gasteiger partial charge in [0.1, 0.15) is 12.1 Å². The molecular formula is C20H24N6O4S. The highest BCUT2D eigenvalue weighted by molar-refractivity contribution is 7.13. The van der Waals surface area contributed by atoms with Crippen molar-refractivity contribution >= 4 is 33.6 Å². The molecule has 0 unspecified atom stereocenters. The number of benzene rings is 1. The lowest BCUT2D eigenvalue weighted by Gasteiger charge is -2.35. The molecule has 10 nitrogen and oxygen atoms in total. The van der Waals surface area contributed by atoms with Gasteiger partial charge in [-0.3, -0.25) is 13.5 Å². The van der Waals surface area contributed by atoms with Gasteiger partial charge < -0.3 is 14.5 Å². The fraction of sp³-hybridized carbons (Fsp3) is 0.450. The molecule has 4 rings (SSSR count). The summed E-state index contributed by atoms with van der Waals surface area (Å²) in [5.41, 5.74) is 0.0501. The maximum Gasteiger partial charge on any atom is 0.410 e. The number of hydrogen-bond acceptors (Lipinski definition) is 7. The summed E-state index contributed by atoms with van der Waals surface area (Å²) >= 11 is 1.25. The summed E-state index contributed by atoms with van der Waals surface area (Å²) in [6, 6.07) is 5.40. The molecule has 0 bridgehead atoms. The zero-order chi connectivity index (χ0) is 22.2. The molecule has 2 amide bonds. The Morgan fingerprint density at radius 1 is 1.13 bits per heavy atom. The number of rotatable bonds is 3. The second kappa shape index (κ2) is 8.14. The molecule has 0 spiro atoms. The van der Waals surface area contributed by atoms with Crippen LogP contribution in [0.15, 0.2) is 35.4 Å². The first-order valence-corrected chi connectivity index (χ1v) is 10.7. The van der Waals surface area contributed by atoms with E-state index in [9.17, 15) is 14.4 Å². The van der Waals surface area contributed by atoms with Crippen molar-refractivity contribution in [3.63, 3.8) is 0 Å². The van der Waals surface area contributed by atoms with Crippen LogP contribution in [-0.2, 0) is 16.1 Å². The number of aromatic nitrogens is 4. The Morgan fingerprint density at radius 3 is 2.48 bits per heavy atom. The van der Waals surface area contributed by atoms with Crippen LogP contribution >= 0.6 is 11.5 Å². The molecule has 0 aliphatic carbocycles. The lowest BCUT2D eigenvalue weighted by atomic mass is 10.2. The number of carbonyl (C=O) groups excluding carboxylic acids is 2. The highest BCUT2D eigenvalue weighted by Crippen LogP contribution is 2.21. The van der Waals surface area contributed by atoms with Crippen LogP contribution in [0.4, 0.5) is 4.79 Å². The Labute approximate surface area is 182 Å². The van der Waals surface area contributed by atoms with Crippen LogP contribution in [-0.4, -0.2) is 72.5 Å². The van der Waals surface area contributed by atoms with Gasteiger partial charge in [-0.2, -0.15) is 0 Å². The van der Waals surface area contributed by atoms with E-state index in [1.165, 1.54) is 15.5 Å². The van der Waals surface area contributed by atoms with Gasteiger partial charge in [0.2, 0.25) is 5.91 Å². The van der Waals surface area contributed by atoms with Gasteiger partial charge in [0, 0.05) is 26.2 Å². The van der Waals surface area contributed by atoms with E-state index in [1.54, 1.807) is 39.0 Å². The fourth-order valence-corrected chi connectivity index (χ4v) is 4.36. The van der Waals surface area contributed by atoms with Crippen LogP contribution in [0.3, 0.4) is 0 Å². The lowest BCUT2D eigenvalue weighted by molar-refractivity contribution is -0.133. The minimum absolute atomic E-state index is 0.0245. The zero-order valence-corrected chi connectivity index (χ0v) is 18.5. The van der Waals surface area contributed by atoms with Gasteiger partial charge in [0.15, 0.2) is 0 Å². The van der Waals surface area contributed by atoms with E-state index in [0.29, 0.717) is 31.6 Å². The van der Waals surface area contributed by atoms with Crippen molar-refractivity contribution in [1.82, 2.24) is 28.8 Å². The van der Waals surface area contributed by atoms with Crippen molar-refractivity contribution < 1.29 is 14.3 Å². The molecule has 164 valence electrons. The average Bonchev–Trinajstić information content (AvgIpc) is 3.35. The number of hydrogen-bond donors (Lipinski definition) is 0. The van der Waals surface area contributed by atoms with Crippen molar-refractivity contribution in [1.29, 1.82) is 0 Å². The topological polar surface area (TPSA) is 103 Å². The third kappa shape index (κ3) is 4.61. The summed E-state index contributed by atoms with van der Waals surface area (Å²) < 4.78 is 9.25. The van der Waals surface area contributed by atoms with Gasteiger partial charge in [-0.15, -0.1) is 5.10 Å². The molecule has 1 saturated heterocycles. The first kappa shape index (κ1) is 21.0. The molecular weight excluding hydrogens is 420 g/mol. The number of ether oxygens (including phenoxy) is 1. The molecule has 0 atom stereocenters. The molecule has 1 aromatic carbocycles. The van der Waals surface area contributed by atoms with E-state index in [2.05, 4.69) is 10.3 Å². The highest BCUT2D eigenvalue weighted by atomic mass is 32.1. The molecule has 31 heavy (non-hydrogen) atoms. The second-order valence-corrected chi connectivity index (χ2v) is 9.37. The predicted octanol–water partition coefficient (Wildman–Crippen LogP) is 1.72. The minimum atomic E-state index is -0.555. The number of fused-ring (bicyclic) bond motifs is 1. The number of amides is 2. The molecule has 2 aromatic heterocycles. The first-order valence-electron chi connectivity index (χ1n) is 9.97. The van der Waals surface area contributed by atoms with Gasteiger partial charge in [-0.25, -0.2) is 9.48 Å². The SMILES string of the molecule is CC(C)(C)OC(=O)N1CCN(C(=O)Cn2sc3cc(-n4ccnn4)ccc3c2=O)CC1. The summed E-state index contributed by atoms with van der Waals surface area (Å²) in [5.74, 6) is -0.144. The molecule has 11 heteroatoms. The molecule has 3 heterocycles.